The van der Waals surface area contributed by atoms with Crippen LogP contribution in [-0.2, 0) is 5.41 Å². The van der Waals surface area contributed by atoms with Crippen molar-refractivity contribution in [3.8, 4) is 12.1 Å². The predicted molar refractivity (Wildman–Crippen MR) is 120 cm³/mol. The molecule has 1 heterocycles. The molecule has 31 heavy (non-hydrogen) atoms. The average molecular weight is 403 g/mol. The van der Waals surface area contributed by atoms with E-state index in [-0.39, 0.29) is 16.8 Å². The number of para-hydroxylation sites is 1. The molecule has 5 rings (SSSR count). The van der Waals surface area contributed by atoms with Crippen LogP contribution in [-0.4, -0.2) is 12.8 Å². The predicted octanol–water partition coefficient (Wildman–Crippen LogP) is 5.46. The van der Waals surface area contributed by atoms with Crippen LogP contribution in [0.5, 0.6) is 0 Å². The topological polar surface area (TPSA) is 67.9 Å². The van der Waals surface area contributed by atoms with Crippen molar-refractivity contribution in [3.63, 3.8) is 0 Å². The Morgan fingerprint density at radius 1 is 1.06 bits per heavy atom. The van der Waals surface area contributed by atoms with E-state index in [0.29, 0.717) is 22.3 Å². The molecule has 0 fully saturated rings. The number of rotatable bonds is 1. The van der Waals surface area contributed by atoms with E-state index in [4.69, 9.17) is 0 Å². The molecule has 1 unspecified atom stereocenters. The molecular formula is C27H21N3O. The lowest BCUT2D eigenvalue weighted by Crippen LogP contribution is -2.30. The van der Waals surface area contributed by atoms with Gasteiger partial charge in [0.1, 0.15) is 17.7 Å². The fourth-order valence-electron chi connectivity index (χ4n) is 5.59. The van der Waals surface area contributed by atoms with Gasteiger partial charge < -0.3 is 4.90 Å². The Hall–Kier alpha value is -3.89. The molecule has 0 bridgehead atoms. The number of carbonyl (C=O) groups is 1. The second kappa shape index (κ2) is 6.83. The Bertz CT molecular complexity index is 1310. The maximum Gasteiger partial charge on any atom is 0.194 e. The molecule has 2 aliphatic carbocycles. The summed E-state index contributed by atoms with van der Waals surface area (Å²) < 4.78 is 0. The zero-order valence-corrected chi connectivity index (χ0v) is 17.6. The summed E-state index contributed by atoms with van der Waals surface area (Å²) >= 11 is 0. The number of hydrogen-bond acceptors (Lipinski definition) is 4. The molecule has 1 atom stereocenters. The van der Waals surface area contributed by atoms with Gasteiger partial charge in [0.25, 0.3) is 0 Å². The first-order valence-corrected chi connectivity index (χ1v) is 10.5. The summed E-state index contributed by atoms with van der Waals surface area (Å²) in [6, 6.07) is 19.7. The van der Waals surface area contributed by atoms with E-state index in [1.165, 1.54) is 16.9 Å². The zero-order valence-electron chi connectivity index (χ0n) is 17.6. The molecule has 4 heteroatoms. The number of nitriles is 2. The van der Waals surface area contributed by atoms with Crippen molar-refractivity contribution in [2.45, 2.75) is 31.6 Å². The highest BCUT2D eigenvalue weighted by Crippen LogP contribution is 2.54. The van der Waals surface area contributed by atoms with Crippen LogP contribution in [0, 0.1) is 22.7 Å². The fourth-order valence-corrected chi connectivity index (χ4v) is 5.59. The lowest BCUT2D eigenvalue weighted by atomic mass is 9.71. The number of likely N-dealkylation sites (N-methyl/N-ethyl adjacent to an activating group) is 1. The molecule has 0 saturated heterocycles. The molecule has 4 nitrogen and oxygen atoms in total. The van der Waals surface area contributed by atoms with Crippen LogP contribution in [0.1, 0.15) is 47.7 Å². The van der Waals surface area contributed by atoms with Crippen molar-refractivity contribution >= 4 is 17.0 Å². The highest BCUT2D eigenvalue weighted by Gasteiger charge is 2.45. The van der Waals surface area contributed by atoms with Crippen molar-refractivity contribution in [1.29, 1.82) is 10.5 Å². The summed E-state index contributed by atoms with van der Waals surface area (Å²) in [4.78, 5) is 15.6. The minimum absolute atomic E-state index is 0.0169. The molecule has 2 aromatic carbocycles. The van der Waals surface area contributed by atoms with Gasteiger partial charge in [0.15, 0.2) is 5.78 Å². The van der Waals surface area contributed by atoms with Crippen LogP contribution in [0.3, 0.4) is 0 Å². The molecule has 0 spiro atoms. The molecule has 0 N–H and O–H groups in total. The van der Waals surface area contributed by atoms with Gasteiger partial charge in [-0.2, -0.15) is 10.5 Å². The summed E-state index contributed by atoms with van der Waals surface area (Å²) in [5.74, 6) is -0.118. The number of fused-ring (bicyclic) bond motifs is 4. The van der Waals surface area contributed by atoms with Crippen LogP contribution in [0.25, 0.3) is 5.57 Å². The van der Waals surface area contributed by atoms with Gasteiger partial charge in [-0.25, -0.2) is 0 Å². The van der Waals surface area contributed by atoms with Crippen molar-refractivity contribution in [1.82, 2.24) is 0 Å². The van der Waals surface area contributed by atoms with Crippen molar-refractivity contribution in [2.24, 2.45) is 0 Å². The van der Waals surface area contributed by atoms with Gasteiger partial charge in [0, 0.05) is 40.6 Å². The minimum atomic E-state index is -0.118. The first kappa shape index (κ1) is 19.1. The summed E-state index contributed by atoms with van der Waals surface area (Å²) in [6.07, 6.45) is 4.87. The lowest BCUT2D eigenvalue weighted by Gasteiger charge is -2.35. The fraction of sp³-hybridized carbons (Fsp3) is 0.222. The maximum atomic E-state index is 13.3. The standard InChI is InChI=1S/C27H21N3O/c1-27-13-7-8-17(26(27)30(2)23-12-6-5-11-22(23)27)14-21-24(18(15-28)16-29)19-9-3-4-10-20(19)25(21)31/h3-6,9-12,14H,7-8,13H2,1-2H3. The zero-order chi connectivity index (χ0) is 21.8. The van der Waals surface area contributed by atoms with Crippen molar-refractivity contribution in [3.05, 3.63) is 93.7 Å². The van der Waals surface area contributed by atoms with E-state index < -0.39 is 0 Å². The van der Waals surface area contributed by atoms with Gasteiger partial charge in [-0.3, -0.25) is 4.79 Å². The van der Waals surface area contributed by atoms with Crippen LogP contribution >= 0.6 is 0 Å². The van der Waals surface area contributed by atoms with E-state index in [1.54, 1.807) is 6.07 Å². The number of hydrogen-bond donors (Lipinski definition) is 0. The van der Waals surface area contributed by atoms with Gasteiger partial charge in [0.05, 0.1) is 0 Å². The number of allylic oxidation sites excluding steroid dienone is 6. The Morgan fingerprint density at radius 2 is 1.74 bits per heavy atom. The third-order valence-corrected chi connectivity index (χ3v) is 6.89. The Labute approximate surface area is 182 Å². The van der Waals surface area contributed by atoms with Crippen LogP contribution in [0.4, 0.5) is 5.69 Å². The number of ketones is 1. The van der Waals surface area contributed by atoms with Crippen LogP contribution in [0.2, 0.25) is 0 Å². The highest BCUT2D eigenvalue weighted by atomic mass is 16.1. The smallest absolute Gasteiger partial charge is 0.194 e. The van der Waals surface area contributed by atoms with Gasteiger partial charge in [-0.15, -0.1) is 0 Å². The van der Waals surface area contributed by atoms with E-state index in [2.05, 4.69) is 43.1 Å². The summed E-state index contributed by atoms with van der Waals surface area (Å²) in [7, 11) is 2.08. The number of Topliss-reactive ketones (excluding diaryl/α,β-unsaturated/α-hetero) is 1. The second-order valence-electron chi connectivity index (χ2n) is 8.54. The largest absolute Gasteiger partial charge is 0.347 e. The first-order valence-electron chi connectivity index (χ1n) is 10.5. The van der Waals surface area contributed by atoms with E-state index >= 15 is 0 Å². The molecule has 1 aliphatic heterocycles. The number of carbonyl (C=O) groups excluding carboxylic acids is 1. The van der Waals surface area contributed by atoms with E-state index in [1.807, 2.05) is 36.4 Å². The minimum Gasteiger partial charge on any atom is -0.347 e. The summed E-state index contributed by atoms with van der Waals surface area (Å²) in [6.45, 7) is 2.28. The highest BCUT2D eigenvalue weighted by molar-refractivity contribution is 6.28. The Balaban J connectivity index is 1.76. The van der Waals surface area contributed by atoms with Gasteiger partial charge in [-0.05, 0) is 55.0 Å². The molecule has 0 saturated carbocycles. The second-order valence-corrected chi connectivity index (χ2v) is 8.54. The normalized spacial score (nSPS) is 22.7. The van der Waals surface area contributed by atoms with Gasteiger partial charge in [0.2, 0.25) is 0 Å². The van der Waals surface area contributed by atoms with Gasteiger partial charge in [-0.1, -0.05) is 42.5 Å². The molecular weight excluding hydrogens is 382 g/mol. The SMILES string of the molecule is CN1C2=C(C=C3C(=O)c4ccccc4C3=C(C#N)C#N)CCCC2(C)c2ccccc21. The van der Waals surface area contributed by atoms with Crippen molar-refractivity contribution < 1.29 is 4.79 Å². The molecule has 2 aromatic rings. The van der Waals surface area contributed by atoms with Gasteiger partial charge >= 0.3 is 0 Å². The Kier molecular flexibility index (Phi) is 4.20. The molecule has 0 aromatic heterocycles. The number of benzene rings is 2. The van der Waals surface area contributed by atoms with Crippen LogP contribution in [0.15, 0.2) is 77.0 Å². The Morgan fingerprint density at radius 3 is 2.48 bits per heavy atom. The van der Waals surface area contributed by atoms with E-state index in [9.17, 15) is 15.3 Å². The lowest BCUT2D eigenvalue weighted by molar-refractivity contribution is 0.104. The molecule has 150 valence electrons. The number of nitrogens with zero attached hydrogens (tertiary/aromatic N) is 3. The molecule has 0 amide bonds. The number of anilines is 1. The third-order valence-electron chi connectivity index (χ3n) is 6.89. The summed E-state index contributed by atoms with van der Waals surface area (Å²) in [5.41, 5.74) is 6.85. The third kappa shape index (κ3) is 2.55. The molecule has 3 aliphatic rings. The van der Waals surface area contributed by atoms with Crippen LogP contribution < -0.4 is 4.90 Å². The maximum absolute atomic E-state index is 13.3. The monoisotopic (exact) mass is 403 g/mol. The quantitative estimate of drug-likeness (QED) is 0.469. The van der Waals surface area contributed by atoms with Crippen molar-refractivity contribution in [2.75, 3.05) is 11.9 Å². The van der Waals surface area contributed by atoms with E-state index in [0.717, 1.165) is 24.8 Å². The summed E-state index contributed by atoms with van der Waals surface area (Å²) in [5, 5.41) is 19.2. The molecule has 0 radical (unpaired) electrons. The average Bonchev–Trinajstić information content (AvgIpc) is 3.19. The first-order chi connectivity index (χ1) is 15.0.